The van der Waals surface area contributed by atoms with Crippen LogP contribution in [0.5, 0.6) is 0 Å². The van der Waals surface area contributed by atoms with Gasteiger partial charge in [-0.3, -0.25) is 4.90 Å². The zero-order chi connectivity index (χ0) is 25.3. The summed E-state index contributed by atoms with van der Waals surface area (Å²) in [5, 5.41) is 20.0. The quantitative estimate of drug-likeness (QED) is 0.532. The van der Waals surface area contributed by atoms with E-state index in [-0.39, 0.29) is 31.2 Å². The summed E-state index contributed by atoms with van der Waals surface area (Å²) in [7, 11) is -3.61. The molecule has 3 aromatic rings. The first-order chi connectivity index (χ1) is 17.5. The van der Waals surface area contributed by atoms with Gasteiger partial charge in [0.25, 0.3) is 0 Å². The van der Waals surface area contributed by atoms with Crippen LogP contribution in [0.15, 0.2) is 77.7 Å². The van der Waals surface area contributed by atoms with E-state index in [1.165, 1.54) is 0 Å². The van der Waals surface area contributed by atoms with Gasteiger partial charge in [0.05, 0.1) is 18.1 Å². The van der Waals surface area contributed by atoms with Crippen LogP contribution in [0.25, 0.3) is 11.1 Å². The predicted octanol–water partition coefficient (Wildman–Crippen LogP) is 3.77. The number of fused-ring (bicyclic) bond motifs is 1. The summed E-state index contributed by atoms with van der Waals surface area (Å²) in [6.45, 7) is 3.65. The summed E-state index contributed by atoms with van der Waals surface area (Å²) in [4.78, 5) is 2.66. The molecule has 2 N–H and O–H groups in total. The maximum atomic E-state index is 13.6. The molecule has 6 nitrogen and oxygen atoms in total. The van der Waals surface area contributed by atoms with E-state index < -0.39 is 10.0 Å². The molecule has 7 heteroatoms. The molecule has 0 radical (unpaired) electrons. The van der Waals surface area contributed by atoms with Crippen LogP contribution in [0, 0.1) is 6.92 Å². The third-order valence-corrected chi connectivity index (χ3v) is 9.86. The Morgan fingerprint density at radius 1 is 0.889 bits per heavy atom. The standard InChI is InChI=1S/C29H34N2O4S/c1-21-8-2-5-11-28(21)36(34,35)30-16-6-7-17-31-26(18-30)29(27(31)20-33)23-14-12-22(13-15-23)25-10-4-3-9-24(25)19-32/h2-5,8-15,26-27,29,32-33H,6-7,16-20H2,1H3/t26-,27+,29-/m0/s1. The first-order valence-corrected chi connectivity index (χ1v) is 14.1. The summed E-state index contributed by atoms with van der Waals surface area (Å²) in [5.41, 5.74) is 4.77. The number of nitrogens with zero attached hydrogens (tertiary/aromatic N) is 2. The van der Waals surface area contributed by atoms with Gasteiger partial charge >= 0.3 is 0 Å². The van der Waals surface area contributed by atoms with Gasteiger partial charge in [0.2, 0.25) is 10.0 Å². The highest BCUT2D eigenvalue weighted by Gasteiger charge is 2.50. The highest BCUT2D eigenvalue weighted by Crippen LogP contribution is 2.43. The van der Waals surface area contributed by atoms with Crippen molar-refractivity contribution in [3.05, 3.63) is 89.5 Å². The molecule has 2 saturated heterocycles. The van der Waals surface area contributed by atoms with Gasteiger partial charge in [-0.1, -0.05) is 66.7 Å². The van der Waals surface area contributed by atoms with Crippen molar-refractivity contribution in [3.63, 3.8) is 0 Å². The zero-order valence-corrected chi connectivity index (χ0v) is 21.4. The predicted molar refractivity (Wildman–Crippen MR) is 141 cm³/mol. The molecule has 5 rings (SSSR count). The highest BCUT2D eigenvalue weighted by atomic mass is 32.2. The Balaban J connectivity index is 1.44. The van der Waals surface area contributed by atoms with Crippen molar-refractivity contribution in [1.82, 2.24) is 9.21 Å². The Morgan fingerprint density at radius 2 is 1.58 bits per heavy atom. The number of aryl methyl sites for hydroxylation is 1. The lowest BCUT2D eigenvalue weighted by Crippen LogP contribution is -2.67. The van der Waals surface area contributed by atoms with E-state index in [1.54, 1.807) is 16.4 Å². The molecule has 2 aliphatic heterocycles. The van der Waals surface area contributed by atoms with Crippen LogP contribution < -0.4 is 0 Å². The summed E-state index contributed by atoms with van der Waals surface area (Å²) < 4.78 is 28.9. The first-order valence-electron chi connectivity index (χ1n) is 12.7. The summed E-state index contributed by atoms with van der Waals surface area (Å²) >= 11 is 0. The van der Waals surface area contributed by atoms with Gasteiger partial charge in [-0.2, -0.15) is 4.31 Å². The van der Waals surface area contributed by atoms with Gasteiger partial charge in [0.15, 0.2) is 0 Å². The topological polar surface area (TPSA) is 81.1 Å². The van der Waals surface area contributed by atoms with Crippen molar-refractivity contribution < 1.29 is 18.6 Å². The molecule has 2 heterocycles. The Morgan fingerprint density at radius 3 is 2.31 bits per heavy atom. The number of benzene rings is 3. The number of aliphatic hydroxyl groups excluding tert-OH is 2. The van der Waals surface area contributed by atoms with E-state index in [2.05, 4.69) is 29.2 Å². The maximum absolute atomic E-state index is 13.6. The van der Waals surface area contributed by atoms with Crippen LogP contribution in [0.2, 0.25) is 0 Å². The number of rotatable bonds is 6. The Labute approximate surface area is 213 Å². The van der Waals surface area contributed by atoms with E-state index in [1.807, 2.05) is 43.3 Å². The van der Waals surface area contributed by atoms with Gasteiger partial charge in [0, 0.05) is 31.1 Å². The van der Waals surface area contributed by atoms with Crippen molar-refractivity contribution in [1.29, 1.82) is 0 Å². The lowest BCUT2D eigenvalue weighted by molar-refractivity contribution is -0.0553. The Bertz CT molecular complexity index is 1310. The monoisotopic (exact) mass is 506 g/mol. The molecule has 3 atom stereocenters. The Kier molecular flexibility index (Phi) is 7.28. The number of hydrogen-bond donors (Lipinski definition) is 2. The SMILES string of the molecule is Cc1ccccc1S(=O)(=O)N1CCCCN2[C@H](CO)[C@@H](c3ccc(-c4ccccc4CO)cc3)[C@@H]2C1. The molecular formula is C29H34N2O4S. The fourth-order valence-corrected chi connectivity index (χ4v) is 7.66. The molecule has 0 unspecified atom stereocenters. The second-order valence-corrected chi connectivity index (χ2v) is 11.8. The molecule has 190 valence electrons. The molecule has 0 bridgehead atoms. The van der Waals surface area contributed by atoms with Crippen LogP contribution in [0.4, 0.5) is 0 Å². The minimum atomic E-state index is -3.61. The van der Waals surface area contributed by atoms with Crippen molar-refractivity contribution in [3.8, 4) is 11.1 Å². The minimum Gasteiger partial charge on any atom is -0.395 e. The summed E-state index contributed by atoms with van der Waals surface area (Å²) in [6, 6.07) is 23.3. The lowest BCUT2D eigenvalue weighted by Gasteiger charge is -2.57. The normalized spacial score (nSPS) is 23.4. The summed E-state index contributed by atoms with van der Waals surface area (Å²) in [6.07, 6.45) is 1.70. The molecule has 0 aromatic heterocycles. The second kappa shape index (κ2) is 10.4. The zero-order valence-electron chi connectivity index (χ0n) is 20.6. The molecule has 0 spiro atoms. The molecule has 0 aliphatic carbocycles. The first kappa shape index (κ1) is 25.1. The van der Waals surface area contributed by atoms with E-state index >= 15 is 0 Å². The lowest BCUT2D eigenvalue weighted by atomic mass is 9.74. The van der Waals surface area contributed by atoms with Crippen LogP contribution in [-0.2, 0) is 16.6 Å². The van der Waals surface area contributed by atoms with Crippen LogP contribution in [0.3, 0.4) is 0 Å². The van der Waals surface area contributed by atoms with Gasteiger partial charge in [-0.05, 0) is 60.2 Å². The second-order valence-electron chi connectivity index (χ2n) is 9.85. The molecule has 2 aliphatic rings. The molecule has 2 fully saturated rings. The number of sulfonamides is 1. The molecular weight excluding hydrogens is 472 g/mol. The molecule has 0 amide bonds. The van der Waals surface area contributed by atoms with Crippen LogP contribution in [-0.4, -0.2) is 66.2 Å². The van der Waals surface area contributed by atoms with Gasteiger partial charge in [-0.25, -0.2) is 8.42 Å². The van der Waals surface area contributed by atoms with Crippen molar-refractivity contribution in [2.45, 2.75) is 49.3 Å². The smallest absolute Gasteiger partial charge is 0.243 e. The largest absolute Gasteiger partial charge is 0.395 e. The molecule has 0 saturated carbocycles. The highest BCUT2D eigenvalue weighted by molar-refractivity contribution is 7.89. The third kappa shape index (κ3) is 4.51. The molecule has 3 aromatic carbocycles. The summed E-state index contributed by atoms with van der Waals surface area (Å²) in [5.74, 6) is 0.0461. The van der Waals surface area contributed by atoms with Gasteiger partial charge < -0.3 is 10.2 Å². The third-order valence-electron chi connectivity index (χ3n) is 7.84. The van der Waals surface area contributed by atoms with Crippen LogP contribution in [0.1, 0.15) is 35.4 Å². The maximum Gasteiger partial charge on any atom is 0.243 e. The van der Waals surface area contributed by atoms with Gasteiger partial charge in [-0.15, -0.1) is 0 Å². The van der Waals surface area contributed by atoms with E-state index in [9.17, 15) is 18.6 Å². The fourth-order valence-electron chi connectivity index (χ4n) is 5.94. The molecule has 36 heavy (non-hydrogen) atoms. The number of aliphatic hydroxyl groups is 2. The van der Waals surface area contributed by atoms with Crippen molar-refractivity contribution in [2.75, 3.05) is 26.2 Å². The Hall–Kier alpha value is -2.55. The average molecular weight is 507 g/mol. The van der Waals surface area contributed by atoms with E-state index in [0.29, 0.717) is 18.0 Å². The average Bonchev–Trinajstić information content (AvgIpc) is 2.88. The minimum absolute atomic E-state index is 0.0109. The van der Waals surface area contributed by atoms with Crippen molar-refractivity contribution >= 4 is 10.0 Å². The van der Waals surface area contributed by atoms with Crippen molar-refractivity contribution in [2.24, 2.45) is 0 Å². The van der Waals surface area contributed by atoms with Crippen LogP contribution >= 0.6 is 0 Å². The van der Waals surface area contributed by atoms with Gasteiger partial charge in [0.1, 0.15) is 0 Å². The fraction of sp³-hybridized carbons (Fsp3) is 0.379. The number of hydrogen-bond acceptors (Lipinski definition) is 5. The van der Waals surface area contributed by atoms with E-state index in [4.69, 9.17) is 0 Å². The van der Waals surface area contributed by atoms with E-state index in [0.717, 1.165) is 47.2 Å².